The first-order valence-corrected chi connectivity index (χ1v) is 10.8. The van der Waals surface area contributed by atoms with Gasteiger partial charge < -0.3 is 14.4 Å². The number of hydrogen-bond acceptors (Lipinski definition) is 5. The van der Waals surface area contributed by atoms with E-state index in [1.165, 1.54) is 4.31 Å². The number of carbonyl (C=O) groups is 2. The number of carbonyl (C=O) groups excluding carboxylic acids is 1. The fourth-order valence-electron chi connectivity index (χ4n) is 4.12. The third-order valence-corrected chi connectivity index (χ3v) is 7.47. The van der Waals surface area contributed by atoms with Crippen molar-refractivity contribution in [2.75, 3.05) is 13.1 Å². The molecule has 2 fully saturated rings. The van der Waals surface area contributed by atoms with Crippen LogP contribution in [0.1, 0.15) is 56.5 Å². The number of nitrogens with zero attached hydrogens (tertiary/aromatic N) is 2. The van der Waals surface area contributed by atoms with Crippen LogP contribution < -0.4 is 0 Å². The molecule has 0 spiro atoms. The van der Waals surface area contributed by atoms with Gasteiger partial charge in [0.25, 0.3) is 10.0 Å². The molecule has 0 aliphatic carbocycles. The fraction of sp³-hybridized carbons (Fsp3) is 0.667. The molecule has 150 valence electrons. The van der Waals surface area contributed by atoms with Crippen LogP contribution >= 0.6 is 0 Å². The molecule has 2 unspecified atom stereocenters. The number of carboxylic acid groups (broad SMARTS) is 1. The van der Waals surface area contributed by atoms with E-state index in [0.717, 1.165) is 31.4 Å². The summed E-state index contributed by atoms with van der Waals surface area (Å²) in [6.45, 7) is 4.61. The number of furan rings is 1. The second-order valence-corrected chi connectivity index (χ2v) is 9.21. The Morgan fingerprint density at radius 3 is 2.41 bits per heavy atom. The molecule has 2 aliphatic rings. The maximum Gasteiger partial charge on any atom is 0.371 e. The molecule has 1 amide bonds. The van der Waals surface area contributed by atoms with Crippen LogP contribution in [0.15, 0.2) is 21.6 Å². The summed E-state index contributed by atoms with van der Waals surface area (Å²) in [5, 5.41) is 8.52. The number of rotatable bonds is 5. The molecule has 3 heterocycles. The van der Waals surface area contributed by atoms with Crippen molar-refractivity contribution < 1.29 is 27.5 Å². The Hall–Kier alpha value is -1.87. The molecule has 3 rings (SSSR count). The van der Waals surface area contributed by atoms with Crippen LogP contribution in [-0.4, -0.2) is 59.8 Å². The van der Waals surface area contributed by atoms with Gasteiger partial charge in [0.15, 0.2) is 0 Å². The summed E-state index contributed by atoms with van der Waals surface area (Å²) in [4.78, 5) is 25.9. The van der Waals surface area contributed by atoms with Crippen LogP contribution in [-0.2, 0) is 14.8 Å². The first kappa shape index (κ1) is 19.9. The molecule has 1 aromatic rings. The summed E-state index contributed by atoms with van der Waals surface area (Å²) >= 11 is 0. The van der Waals surface area contributed by atoms with Crippen molar-refractivity contribution in [2.24, 2.45) is 5.92 Å². The standard InChI is InChI=1S/C18H26N2O6S/c1-3-14-5-4-12(2)20(14)17(21)13-8-10-19(11-9-13)27(24,25)16-7-6-15(26-16)18(22)23/h6-7,12-14H,3-5,8-11H2,1-2H3,(H,22,23). The number of hydrogen-bond donors (Lipinski definition) is 1. The topological polar surface area (TPSA) is 108 Å². The second-order valence-electron chi connectivity index (χ2n) is 7.34. The van der Waals surface area contributed by atoms with Crippen molar-refractivity contribution in [3.63, 3.8) is 0 Å². The van der Waals surface area contributed by atoms with E-state index < -0.39 is 21.8 Å². The molecule has 2 aliphatic heterocycles. The molecule has 0 saturated carbocycles. The molecule has 1 aromatic heterocycles. The number of carboxylic acids is 1. The first-order chi connectivity index (χ1) is 12.8. The number of likely N-dealkylation sites (tertiary alicyclic amines) is 1. The number of piperidine rings is 1. The maximum atomic E-state index is 13.0. The summed E-state index contributed by atoms with van der Waals surface area (Å²) in [6.07, 6.45) is 3.91. The Morgan fingerprint density at radius 2 is 1.85 bits per heavy atom. The number of sulfonamides is 1. The van der Waals surface area contributed by atoms with E-state index in [1.54, 1.807) is 0 Å². The lowest BCUT2D eigenvalue weighted by atomic mass is 9.95. The smallest absolute Gasteiger partial charge is 0.371 e. The molecule has 27 heavy (non-hydrogen) atoms. The minimum atomic E-state index is -3.89. The van der Waals surface area contributed by atoms with E-state index in [1.807, 2.05) is 4.90 Å². The van der Waals surface area contributed by atoms with E-state index in [9.17, 15) is 18.0 Å². The van der Waals surface area contributed by atoms with Crippen molar-refractivity contribution in [1.82, 2.24) is 9.21 Å². The molecule has 1 N–H and O–H groups in total. The van der Waals surface area contributed by atoms with Crippen LogP contribution in [0.2, 0.25) is 0 Å². The SMILES string of the molecule is CCC1CCC(C)N1C(=O)C1CCN(S(=O)(=O)c2ccc(C(=O)O)o2)CC1. The molecular weight excluding hydrogens is 372 g/mol. The minimum absolute atomic E-state index is 0.134. The van der Waals surface area contributed by atoms with Gasteiger partial charge in [0, 0.05) is 31.1 Å². The van der Waals surface area contributed by atoms with Gasteiger partial charge in [-0.3, -0.25) is 4.79 Å². The Balaban J connectivity index is 1.65. The van der Waals surface area contributed by atoms with E-state index in [-0.39, 0.29) is 42.1 Å². The summed E-state index contributed by atoms with van der Waals surface area (Å²) in [6, 6.07) is 2.81. The van der Waals surface area contributed by atoms with Gasteiger partial charge in [-0.05, 0) is 51.2 Å². The highest BCUT2D eigenvalue weighted by Crippen LogP contribution is 2.32. The Morgan fingerprint density at radius 1 is 1.19 bits per heavy atom. The summed E-state index contributed by atoms with van der Waals surface area (Å²) < 4.78 is 31.5. The van der Waals surface area contributed by atoms with E-state index in [2.05, 4.69) is 13.8 Å². The van der Waals surface area contributed by atoms with Crippen molar-refractivity contribution in [1.29, 1.82) is 0 Å². The Labute approximate surface area is 159 Å². The average Bonchev–Trinajstić information content (AvgIpc) is 3.28. The van der Waals surface area contributed by atoms with E-state index in [4.69, 9.17) is 9.52 Å². The normalized spacial score (nSPS) is 25.0. The second kappa shape index (κ2) is 7.63. The molecule has 8 nitrogen and oxygen atoms in total. The van der Waals surface area contributed by atoms with Crippen LogP contribution in [0.4, 0.5) is 0 Å². The minimum Gasteiger partial charge on any atom is -0.475 e. The molecule has 0 radical (unpaired) electrons. The van der Waals surface area contributed by atoms with Crippen LogP contribution in [0, 0.1) is 5.92 Å². The van der Waals surface area contributed by atoms with E-state index >= 15 is 0 Å². The lowest BCUT2D eigenvalue weighted by Crippen LogP contribution is -2.47. The highest BCUT2D eigenvalue weighted by molar-refractivity contribution is 7.89. The van der Waals surface area contributed by atoms with Crippen molar-refractivity contribution >= 4 is 21.9 Å². The van der Waals surface area contributed by atoms with E-state index in [0.29, 0.717) is 12.8 Å². The van der Waals surface area contributed by atoms with Crippen LogP contribution in [0.3, 0.4) is 0 Å². The predicted octanol–water partition coefficient (Wildman–Crippen LogP) is 2.17. The van der Waals surface area contributed by atoms with Crippen molar-refractivity contribution in [3.8, 4) is 0 Å². The molecule has 2 saturated heterocycles. The third-order valence-electron chi connectivity index (χ3n) is 5.70. The van der Waals surface area contributed by atoms with Crippen molar-refractivity contribution in [3.05, 3.63) is 17.9 Å². The van der Waals surface area contributed by atoms with Gasteiger partial charge in [-0.1, -0.05) is 6.92 Å². The molecule has 2 atom stereocenters. The van der Waals surface area contributed by atoms with Gasteiger partial charge in [-0.25, -0.2) is 13.2 Å². The average molecular weight is 398 g/mol. The highest BCUT2D eigenvalue weighted by atomic mass is 32.2. The molecular formula is C18H26N2O6S. The largest absolute Gasteiger partial charge is 0.475 e. The molecule has 9 heteroatoms. The molecule has 0 bridgehead atoms. The molecule has 0 aromatic carbocycles. The Kier molecular flexibility index (Phi) is 5.62. The zero-order chi connectivity index (χ0) is 19.8. The zero-order valence-corrected chi connectivity index (χ0v) is 16.4. The van der Waals surface area contributed by atoms with Crippen molar-refractivity contribution in [2.45, 2.75) is 63.1 Å². The number of aromatic carboxylic acids is 1. The summed E-state index contributed by atoms with van der Waals surface area (Å²) in [7, 11) is -3.89. The van der Waals surface area contributed by atoms with Gasteiger partial charge in [-0.15, -0.1) is 0 Å². The van der Waals surface area contributed by atoms with Crippen LogP contribution in [0.5, 0.6) is 0 Å². The lowest BCUT2D eigenvalue weighted by molar-refractivity contribution is -0.139. The third kappa shape index (κ3) is 3.75. The maximum absolute atomic E-state index is 13.0. The zero-order valence-electron chi connectivity index (χ0n) is 15.6. The van der Waals surface area contributed by atoms with Crippen LogP contribution in [0.25, 0.3) is 0 Å². The van der Waals surface area contributed by atoms with Gasteiger partial charge in [0.2, 0.25) is 16.8 Å². The van der Waals surface area contributed by atoms with Gasteiger partial charge in [0.1, 0.15) is 0 Å². The lowest BCUT2D eigenvalue weighted by Gasteiger charge is -2.35. The monoisotopic (exact) mass is 398 g/mol. The quantitative estimate of drug-likeness (QED) is 0.814. The van der Waals surface area contributed by atoms with Gasteiger partial charge >= 0.3 is 5.97 Å². The van der Waals surface area contributed by atoms with Gasteiger partial charge in [0.05, 0.1) is 0 Å². The summed E-state index contributed by atoms with van der Waals surface area (Å²) in [5.74, 6) is -1.76. The fourth-order valence-corrected chi connectivity index (χ4v) is 5.51. The number of amides is 1. The first-order valence-electron chi connectivity index (χ1n) is 9.41. The highest BCUT2D eigenvalue weighted by Gasteiger charge is 2.39. The predicted molar refractivity (Wildman–Crippen MR) is 96.8 cm³/mol. The Bertz CT molecular complexity index is 810. The summed E-state index contributed by atoms with van der Waals surface area (Å²) in [5.41, 5.74) is 0. The van der Waals surface area contributed by atoms with Gasteiger partial charge in [-0.2, -0.15) is 4.31 Å².